The molecule has 1 aromatic heterocycles. The fourth-order valence-electron chi connectivity index (χ4n) is 2.16. The summed E-state index contributed by atoms with van der Waals surface area (Å²) >= 11 is 0. The van der Waals surface area contributed by atoms with E-state index in [1.54, 1.807) is 0 Å². The van der Waals surface area contributed by atoms with Crippen LogP contribution in [-0.4, -0.2) is 27.0 Å². The third-order valence-electron chi connectivity index (χ3n) is 3.90. The normalized spacial score (nSPS) is 15.3. The van der Waals surface area contributed by atoms with E-state index in [2.05, 4.69) is 18.9 Å². The van der Waals surface area contributed by atoms with Crippen molar-refractivity contribution in [3.05, 3.63) is 18.0 Å². The van der Waals surface area contributed by atoms with Crippen molar-refractivity contribution >= 4 is 0 Å². The quantitative estimate of drug-likeness (QED) is 0.782. The third-order valence-corrected chi connectivity index (χ3v) is 3.90. The summed E-state index contributed by atoms with van der Waals surface area (Å²) in [5.41, 5.74) is 5.76. The summed E-state index contributed by atoms with van der Waals surface area (Å²) < 4.78 is 2.01. The average Bonchev–Trinajstić information content (AvgIpc) is 2.78. The Morgan fingerprint density at radius 3 is 2.44 bits per heavy atom. The highest BCUT2D eigenvalue weighted by atomic mass is 16.3. The van der Waals surface area contributed by atoms with Crippen molar-refractivity contribution in [2.75, 3.05) is 6.54 Å². The van der Waals surface area contributed by atoms with Gasteiger partial charge in [0, 0.05) is 19.2 Å². The van der Waals surface area contributed by atoms with Crippen LogP contribution in [0.15, 0.2) is 12.3 Å². The summed E-state index contributed by atoms with van der Waals surface area (Å²) in [4.78, 5) is 0. The molecule has 0 aliphatic rings. The molecule has 0 fully saturated rings. The topological polar surface area (TPSA) is 64.1 Å². The van der Waals surface area contributed by atoms with Crippen molar-refractivity contribution in [2.45, 2.75) is 58.6 Å². The van der Waals surface area contributed by atoms with Crippen LogP contribution in [0.4, 0.5) is 0 Å². The number of hydrogen-bond donors (Lipinski definition) is 2. The zero-order valence-corrected chi connectivity index (χ0v) is 12.1. The van der Waals surface area contributed by atoms with E-state index in [0.29, 0.717) is 12.5 Å². The van der Waals surface area contributed by atoms with Gasteiger partial charge in [0.25, 0.3) is 0 Å². The Morgan fingerprint density at radius 2 is 2.00 bits per heavy atom. The molecule has 3 N–H and O–H groups in total. The summed E-state index contributed by atoms with van der Waals surface area (Å²) in [6.07, 6.45) is 4.67. The number of hydrogen-bond acceptors (Lipinski definition) is 3. The standard InChI is InChI=1S/C14H27N3O/c1-5-13(6-2)17-8-7-12(16-17)9-14(18,10-15)11(3)4/h7-8,11,13,18H,5-6,9-10,15H2,1-4H3. The fraction of sp³-hybridized carbons (Fsp3) is 0.786. The van der Waals surface area contributed by atoms with E-state index in [4.69, 9.17) is 5.73 Å². The van der Waals surface area contributed by atoms with Gasteiger partial charge < -0.3 is 10.8 Å². The van der Waals surface area contributed by atoms with Crippen LogP contribution in [0.5, 0.6) is 0 Å². The van der Waals surface area contributed by atoms with Crippen molar-refractivity contribution in [2.24, 2.45) is 11.7 Å². The van der Waals surface area contributed by atoms with Gasteiger partial charge in [-0.3, -0.25) is 4.68 Å². The first-order valence-electron chi connectivity index (χ1n) is 6.93. The van der Waals surface area contributed by atoms with Crippen molar-refractivity contribution in [1.82, 2.24) is 9.78 Å². The molecule has 1 unspecified atom stereocenters. The van der Waals surface area contributed by atoms with Crippen LogP contribution in [0.3, 0.4) is 0 Å². The lowest BCUT2D eigenvalue weighted by Crippen LogP contribution is -2.45. The largest absolute Gasteiger partial charge is 0.388 e. The molecule has 0 amide bonds. The van der Waals surface area contributed by atoms with Crippen molar-refractivity contribution in [1.29, 1.82) is 0 Å². The van der Waals surface area contributed by atoms with E-state index in [1.807, 2.05) is 30.8 Å². The molecule has 0 spiro atoms. The first-order valence-corrected chi connectivity index (χ1v) is 6.93. The molecule has 0 saturated carbocycles. The molecule has 0 saturated heterocycles. The zero-order valence-electron chi connectivity index (χ0n) is 12.1. The van der Waals surface area contributed by atoms with Crippen LogP contribution in [0.1, 0.15) is 52.3 Å². The fourth-order valence-corrected chi connectivity index (χ4v) is 2.16. The molecule has 0 aliphatic carbocycles. The Kier molecular flexibility index (Phi) is 5.35. The van der Waals surface area contributed by atoms with Crippen molar-refractivity contribution in [3.8, 4) is 0 Å². The minimum absolute atomic E-state index is 0.126. The minimum Gasteiger partial charge on any atom is -0.388 e. The maximum absolute atomic E-state index is 10.4. The molecule has 1 atom stereocenters. The van der Waals surface area contributed by atoms with Gasteiger partial charge in [-0.2, -0.15) is 5.10 Å². The molecule has 0 aromatic carbocycles. The first-order chi connectivity index (χ1) is 8.46. The first kappa shape index (κ1) is 15.2. The predicted molar refractivity (Wildman–Crippen MR) is 74.4 cm³/mol. The molecule has 0 aliphatic heterocycles. The maximum Gasteiger partial charge on any atom is 0.0847 e. The average molecular weight is 253 g/mol. The molecule has 104 valence electrons. The van der Waals surface area contributed by atoms with Gasteiger partial charge in [0.2, 0.25) is 0 Å². The third kappa shape index (κ3) is 3.33. The summed E-state index contributed by atoms with van der Waals surface area (Å²) in [5.74, 6) is 0.126. The molecular weight excluding hydrogens is 226 g/mol. The summed E-state index contributed by atoms with van der Waals surface area (Å²) in [5, 5.41) is 15.0. The summed E-state index contributed by atoms with van der Waals surface area (Å²) in [6, 6.07) is 2.44. The van der Waals surface area contributed by atoms with Gasteiger partial charge in [-0.15, -0.1) is 0 Å². The van der Waals surface area contributed by atoms with Gasteiger partial charge in [0.05, 0.1) is 17.3 Å². The van der Waals surface area contributed by atoms with Gasteiger partial charge in [-0.25, -0.2) is 0 Å². The zero-order chi connectivity index (χ0) is 13.8. The van der Waals surface area contributed by atoms with E-state index >= 15 is 0 Å². The predicted octanol–water partition coefficient (Wildman–Crippen LogP) is 2.13. The number of aromatic nitrogens is 2. The lowest BCUT2D eigenvalue weighted by Gasteiger charge is -2.30. The van der Waals surface area contributed by atoms with Crippen LogP contribution in [0.2, 0.25) is 0 Å². The number of nitrogens with zero attached hydrogens (tertiary/aromatic N) is 2. The second-order valence-electron chi connectivity index (χ2n) is 5.40. The highest BCUT2D eigenvalue weighted by molar-refractivity contribution is 5.06. The minimum atomic E-state index is -0.854. The van der Waals surface area contributed by atoms with Crippen LogP contribution < -0.4 is 5.73 Å². The molecule has 4 heteroatoms. The highest BCUT2D eigenvalue weighted by Crippen LogP contribution is 2.22. The molecule has 1 aromatic rings. The van der Waals surface area contributed by atoms with Gasteiger partial charge in [0.1, 0.15) is 0 Å². The van der Waals surface area contributed by atoms with Gasteiger partial charge in [0.15, 0.2) is 0 Å². The lowest BCUT2D eigenvalue weighted by molar-refractivity contribution is 0.00307. The maximum atomic E-state index is 10.4. The monoisotopic (exact) mass is 253 g/mol. The van der Waals surface area contributed by atoms with Crippen LogP contribution in [0, 0.1) is 5.92 Å². The van der Waals surface area contributed by atoms with Gasteiger partial charge >= 0.3 is 0 Å². The van der Waals surface area contributed by atoms with Gasteiger partial charge in [-0.1, -0.05) is 27.7 Å². The molecule has 1 heterocycles. The van der Waals surface area contributed by atoms with E-state index in [-0.39, 0.29) is 12.5 Å². The SMILES string of the molecule is CCC(CC)n1ccc(CC(O)(CN)C(C)C)n1. The van der Waals surface area contributed by atoms with Gasteiger partial charge in [-0.05, 0) is 24.8 Å². The number of nitrogens with two attached hydrogens (primary N) is 1. The van der Waals surface area contributed by atoms with Crippen LogP contribution >= 0.6 is 0 Å². The van der Waals surface area contributed by atoms with Crippen molar-refractivity contribution in [3.63, 3.8) is 0 Å². The Bertz CT molecular complexity index is 358. The van der Waals surface area contributed by atoms with E-state index in [1.165, 1.54) is 0 Å². The second-order valence-corrected chi connectivity index (χ2v) is 5.40. The lowest BCUT2D eigenvalue weighted by atomic mass is 9.86. The summed E-state index contributed by atoms with van der Waals surface area (Å²) in [6.45, 7) is 8.58. The number of rotatable bonds is 7. The smallest absolute Gasteiger partial charge is 0.0847 e. The number of aliphatic hydroxyl groups is 1. The van der Waals surface area contributed by atoms with E-state index < -0.39 is 5.60 Å². The molecular formula is C14H27N3O. The molecule has 1 rings (SSSR count). The summed E-state index contributed by atoms with van der Waals surface area (Å²) in [7, 11) is 0. The van der Waals surface area contributed by atoms with E-state index in [9.17, 15) is 5.11 Å². The molecule has 18 heavy (non-hydrogen) atoms. The molecule has 0 radical (unpaired) electrons. The van der Waals surface area contributed by atoms with Crippen LogP contribution in [-0.2, 0) is 6.42 Å². The molecule has 4 nitrogen and oxygen atoms in total. The Morgan fingerprint density at radius 1 is 1.39 bits per heavy atom. The Hall–Kier alpha value is -0.870. The van der Waals surface area contributed by atoms with Crippen molar-refractivity contribution < 1.29 is 5.11 Å². The van der Waals surface area contributed by atoms with E-state index in [0.717, 1.165) is 18.5 Å². The highest BCUT2D eigenvalue weighted by Gasteiger charge is 2.30. The Labute approximate surface area is 110 Å². The second kappa shape index (κ2) is 6.34. The Balaban J connectivity index is 2.80. The van der Waals surface area contributed by atoms with Crippen LogP contribution in [0.25, 0.3) is 0 Å². The molecule has 0 bridgehead atoms.